The summed E-state index contributed by atoms with van der Waals surface area (Å²) in [5, 5.41) is 24.1. The van der Waals surface area contributed by atoms with Crippen LogP contribution in [0.3, 0.4) is 0 Å². The second-order valence-corrected chi connectivity index (χ2v) is 4.88. The van der Waals surface area contributed by atoms with Crippen molar-refractivity contribution in [3.63, 3.8) is 0 Å². The van der Waals surface area contributed by atoms with Crippen LogP contribution in [0.15, 0.2) is 28.9 Å². The number of benzene rings is 1. The molecular formula is C14H11BrN6. The first-order valence-corrected chi connectivity index (χ1v) is 6.95. The Morgan fingerprint density at radius 2 is 2.00 bits per heavy atom. The highest BCUT2D eigenvalue weighted by molar-refractivity contribution is 9.10. The van der Waals surface area contributed by atoms with Gasteiger partial charge in [0.25, 0.3) is 0 Å². The van der Waals surface area contributed by atoms with Crippen LogP contribution in [0.1, 0.15) is 18.1 Å². The lowest BCUT2D eigenvalue weighted by Gasteiger charge is -2.10. The highest BCUT2D eigenvalue weighted by Gasteiger charge is 2.07. The second-order valence-electron chi connectivity index (χ2n) is 4.03. The van der Waals surface area contributed by atoms with Crippen LogP contribution < -0.4 is 10.6 Å². The van der Waals surface area contributed by atoms with Gasteiger partial charge in [-0.1, -0.05) is 0 Å². The Balaban J connectivity index is 2.32. The predicted octanol–water partition coefficient (Wildman–Crippen LogP) is 3.16. The number of halogens is 1. The van der Waals surface area contributed by atoms with Crippen molar-refractivity contribution in [1.29, 1.82) is 10.5 Å². The van der Waals surface area contributed by atoms with Crippen molar-refractivity contribution in [3.8, 4) is 12.1 Å². The van der Waals surface area contributed by atoms with E-state index in [1.165, 1.54) is 0 Å². The number of nitriles is 2. The van der Waals surface area contributed by atoms with E-state index in [0.717, 1.165) is 6.54 Å². The van der Waals surface area contributed by atoms with Crippen molar-refractivity contribution < 1.29 is 0 Å². The highest BCUT2D eigenvalue weighted by Crippen LogP contribution is 2.25. The van der Waals surface area contributed by atoms with Crippen LogP contribution in [0.2, 0.25) is 0 Å². The summed E-state index contributed by atoms with van der Waals surface area (Å²) in [6.45, 7) is 2.68. The molecule has 6 nitrogen and oxygen atoms in total. The van der Waals surface area contributed by atoms with Crippen molar-refractivity contribution in [2.75, 3.05) is 17.2 Å². The second kappa shape index (κ2) is 6.69. The summed E-state index contributed by atoms with van der Waals surface area (Å²) in [5.74, 6) is 1.09. The molecule has 2 rings (SSSR count). The maximum atomic E-state index is 9.03. The smallest absolute Gasteiger partial charge is 0.224 e. The molecule has 1 heterocycles. The molecular weight excluding hydrogens is 332 g/mol. The van der Waals surface area contributed by atoms with E-state index in [2.05, 4.69) is 36.5 Å². The largest absolute Gasteiger partial charge is 0.354 e. The molecule has 0 fully saturated rings. The minimum Gasteiger partial charge on any atom is -0.354 e. The van der Waals surface area contributed by atoms with Crippen molar-refractivity contribution in [2.45, 2.75) is 6.92 Å². The molecule has 1 aromatic heterocycles. The molecule has 2 aromatic rings. The first kappa shape index (κ1) is 14.8. The van der Waals surface area contributed by atoms with E-state index in [9.17, 15) is 0 Å². The van der Waals surface area contributed by atoms with Crippen molar-refractivity contribution in [2.24, 2.45) is 0 Å². The van der Waals surface area contributed by atoms with Gasteiger partial charge in [-0.25, -0.2) is 4.98 Å². The predicted molar refractivity (Wildman–Crippen MR) is 83.1 cm³/mol. The quantitative estimate of drug-likeness (QED) is 0.885. The Morgan fingerprint density at radius 3 is 2.67 bits per heavy atom. The molecule has 0 atom stereocenters. The lowest BCUT2D eigenvalue weighted by molar-refractivity contribution is 1.08. The van der Waals surface area contributed by atoms with Gasteiger partial charge in [-0.15, -0.1) is 0 Å². The Labute approximate surface area is 130 Å². The Hall–Kier alpha value is -2.64. The number of anilines is 3. The van der Waals surface area contributed by atoms with Crippen LogP contribution in [-0.4, -0.2) is 16.5 Å². The fraction of sp³-hybridized carbons (Fsp3) is 0.143. The van der Waals surface area contributed by atoms with Crippen LogP contribution in [0, 0.1) is 22.7 Å². The first-order valence-electron chi connectivity index (χ1n) is 6.15. The molecule has 0 saturated carbocycles. The standard InChI is InChI=1S/C14H11BrN6/c1-2-18-14-19-8-12(15)13(21-14)20-11-4-3-9(6-16)10(5-11)7-17/h3-5,8H,2H2,1H3,(H2,18,19,20,21). The van der Waals surface area contributed by atoms with E-state index in [1.807, 2.05) is 19.1 Å². The number of nitrogens with one attached hydrogen (secondary N) is 2. The van der Waals surface area contributed by atoms with Crippen molar-refractivity contribution >= 4 is 33.4 Å². The van der Waals surface area contributed by atoms with Gasteiger partial charge in [-0.05, 0) is 41.1 Å². The Morgan fingerprint density at radius 1 is 1.24 bits per heavy atom. The fourth-order valence-electron chi connectivity index (χ4n) is 1.65. The number of hydrogen-bond donors (Lipinski definition) is 2. The van der Waals surface area contributed by atoms with Gasteiger partial charge in [0.2, 0.25) is 5.95 Å². The molecule has 0 bridgehead atoms. The average molecular weight is 343 g/mol. The summed E-state index contributed by atoms with van der Waals surface area (Å²) >= 11 is 3.37. The van der Waals surface area contributed by atoms with Gasteiger partial charge in [-0.3, -0.25) is 0 Å². The van der Waals surface area contributed by atoms with E-state index in [-0.39, 0.29) is 0 Å². The number of aromatic nitrogens is 2. The minimum absolute atomic E-state index is 0.319. The molecule has 0 radical (unpaired) electrons. The molecule has 0 saturated heterocycles. The fourth-order valence-corrected chi connectivity index (χ4v) is 1.94. The molecule has 0 amide bonds. The molecule has 2 N–H and O–H groups in total. The minimum atomic E-state index is 0.319. The molecule has 7 heteroatoms. The highest BCUT2D eigenvalue weighted by atomic mass is 79.9. The topological polar surface area (TPSA) is 97.4 Å². The molecule has 1 aromatic carbocycles. The molecule has 0 aliphatic rings. The van der Waals surface area contributed by atoms with Gasteiger partial charge in [0.1, 0.15) is 18.0 Å². The third kappa shape index (κ3) is 3.47. The van der Waals surface area contributed by atoms with Gasteiger partial charge in [0.15, 0.2) is 0 Å². The van der Waals surface area contributed by atoms with Crippen molar-refractivity contribution in [3.05, 3.63) is 40.0 Å². The molecule has 0 aliphatic heterocycles. The number of nitrogens with zero attached hydrogens (tertiary/aromatic N) is 4. The Kier molecular flexibility index (Phi) is 4.70. The van der Waals surface area contributed by atoms with E-state index in [1.54, 1.807) is 24.4 Å². The lowest BCUT2D eigenvalue weighted by atomic mass is 10.1. The van der Waals surface area contributed by atoms with E-state index in [0.29, 0.717) is 33.1 Å². The zero-order valence-electron chi connectivity index (χ0n) is 11.2. The lowest BCUT2D eigenvalue weighted by Crippen LogP contribution is -2.04. The molecule has 104 valence electrons. The first-order chi connectivity index (χ1) is 10.2. The summed E-state index contributed by atoms with van der Waals surface area (Å²) in [7, 11) is 0. The summed E-state index contributed by atoms with van der Waals surface area (Å²) in [6.07, 6.45) is 1.64. The van der Waals surface area contributed by atoms with Gasteiger partial charge in [-0.2, -0.15) is 15.5 Å². The third-order valence-corrected chi connectivity index (χ3v) is 3.18. The van der Waals surface area contributed by atoms with E-state index in [4.69, 9.17) is 10.5 Å². The van der Waals surface area contributed by atoms with E-state index >= 15 is 0 Å². The molecule has 21 heavy (non-hydrogen) atoms. The SMILES string of the molecule is CCNc1ncc(Br)c(Nc2ccc(C#N)c(C#N)c2)n1. The van der Waals surface area contributed by atoms with Gasteiger partial charge >= 0.3 is 0 Å². The summed E-state index contributed by atoms with van der Waals surface area (Å²) in [4.78, 5) is 8.45. The molecule has 0 aliphatic carbocycles. The normalized spacial score (nSPS) is 9.52. The van der Waals surface area contributed by atoms with Crippen LogP contribution in [-0.2, 0) is 0 Å². The Bertz CT molecular complexity index is 744. The third-order valence-electron chi connectivity index (χ3n) is 2.60. The summed E-state index contributed by atoms with van der Waals surface area (Å²) < 4.78 is 0.701. The van der Waals surface area contributed by atoms with Crippen LogP contribution in [0.25, 0.3) is 0 Å². The number of rotatable bonds is 4. The maximum absolute atomic E-state index is 9.03. The van der Waals surface area contributed by atoms with Crippen LogP contribution >= 0.6 is 15.9 Å². The zero-order chi connectivity index (χ0) is 15.2. The summed E-state index contributed by atoms with van der Waals surface area (Å²) in [6, 6.07) is 8.91. The van der Waals surface area contributed by atoms with Crippen LogP contribution in [0.4, 0.5) is 17.5 Å². The van der Waals surface area contributed by atoms with Gasteiger partial charge in [0, 0.05) is 18.4 Å². The van der Waals surface area contributed by atoms with E-state index < -0.39 is 0 Å². The summed E-state index contributed by atoms with van der Waals surface area (Å²) in [5.41, 5.74) is 1.34. The monoisotopic (exact) mass is 342 g/mol. The maximum Gasteiger partial charge on any atom is 0.224 e. The van der Waals surface area contributed by atoms with Crippen molar-refractivity contribution in [1.82, 2.24) is 9.97 Å². The molecule has 0 unspecified atom stereocenters. The zero-order valence-corrected chi connectivity index (χ0v) is 12.8. The van der Waals surface area contributed by atoms with Crippen LogP contribution in [0.5, 0.6) is 0 Å². The average Bonchev–Trinajstić information content (AvgIpc) is 2.50. The van der Waals surface area contributed by atoms with Gasteiger partial charge < -0.3 is 10.6 Å². The van der Waals surface area contributed by atoms with Gasteiger partial charge in [0.05, 0.1) is 15.6 Å². The molecule has 0 spiro atoms. The number of hydrogen-bond acceptors (Lipinski definition) is 6.